The number of aliphatic hydroxyl groups is 1. The van der Waals surface area contributed by atoms with Crippen LogP contribution in [0.3, 0.4) is 0 Å². The highest BCUT2D eigenvalue weighted by atomic mass is 19.1. The summed E-state index contributed by atoms with van der Waals surface area (Å²) in [6, 6.07) is 14.2. The normalized spacial score (nSPS) is 12.7. The molecule has 28 heavy (non-hydrogen) atoms. The summed E-state index contributed by atoms with van der Waals surface area (Å²) in [5.74, 6) is 1.11. The zero-order valence-electron chi connectivity index (χ0n) is 16.8. The molecule has 0 aliphatic rings. The molecule has 0 heterocycles. The Hall–Kier alpha value is -2.60. The topological polar surface area (TPSA) is 65.9 Å². The van der Waals surface area contributed by atoms with Gasteiger partial charge >= 0.3 is 0 Å². The smallest absolute Gasteiger partial charge is 0.191 e. The minimum absolute atomic E-state index is 0.0735. The van der Waals surface area contributed by atoms with Gasteiger partial charge in [-0.25, -0.2) is 4.39 Å². The number of aliphatic imine (C=N–C) groups is 1. The van der Waals surface area contributed by atoms with E-state index in [0.717, 1.165) is 11.3 Å². The fourth-order valence-electron chi connectivity index (χ4n) is 2.71. The number of hydrogen-bond donors (Lipinski definition) is 3. The van der Waals surface area contributed by atoms with Crippen LogP contribution in [0.4, 0.5) is 4.39 Å². The van der Waals surface area contributed by atoms with Crippen LogP contribution in [0.1, 0.15) is 38.0 Å². The van der Waals surface area contributed by atoms with Gasteiger partial charge in [-0.2, -0.15) is 0 Å². The van der Waals surface area contributed by atoms with Gasteiger partial charge in [0, 0.05) is 13.1 Å². The maximum Gasteiger partial charge on any atom is 0.191 e. The van der Waals surface area contributed by atoms with E-state index in [1.54, 1.807) is 12.1 Å². The second kappa shape index (κ2) is 11.3. The fourth-order valence-corrected chi connectivity index (χ4v) is 2.71. The molecule has 0 fully saturated rings. The SMILES string of the molecule is CCNC(=NCC(O)c1cccc(OC(C)C)c1)NCCc1ccccc1F. The van der Waals surface area contributed by atoms with Crippen molar-refractivity contribution in [2.45, 2.75) is 39.4 Å². The Morgan fingerprint density at radius 2 is 1.93 bits per heavy atom. The summed E-state index contributed by atoms with van der Waals surface area (Å²) in [5, 5.41) is 16.8. The molecule has 0 spiro atoms. The third kappa shape index (κ3) is 7.19. The molecule has 0 bridgehead atoms. The molecule has 0 amide bonds. The molecule has 0 aliphatic heterocycles. The quantitative estimate of drug-likeness (QED) is 0.456. The molecule has 1 atom stereocenters. The number of ether oxygens (including phenoxy) is 1. The van der Waals surface area contributed by atoms with E-state index in [0.29, 0.717) is 31.0 Å². The van der Waals surface area contributed by atoms with Crippen LogP contribution >= 0.6 is 0 Å². The molecule has 6 heteroatoms. The fraction of sp³-hybridized carbons (Fsp3) is 0.409. The van der Waals surface area contributed by atoms with Crippen molar-refractivity contribution in [3.8, 4) is 5.75 Å². The van der Waals surface area contributed by atoms with Gasteiger partial charge < -0.3 is 20.5 Å². The third-order valence-corrected chi connectivity index (χ3v) is 4.03. The summed E-state index contributed by atoms with van der Waals surface area (Å²) >= 11 is 0. The Morgan fingerprint density at radius 1 is 1.14 bits per heavy atom. The van der Waals surface area contributed by atoms with Gasteiger partial charge in [0.1, 0.15) is 11.6 Å². The minimum Gasteiger partial charge on any atom is -0.491 e. The van der Waals surface area contributed by atoms with Gasteiger partial charge in [-0.05, 0) is 56.5 Å². The van der Waals surface area contributed by atoms with Gasteiger partial charge in [0.25, 0.3) is 0 Å². The number of aliphatic hydroxyl groups excluding tert-OH is 1. The first kappa shape index (κ1) is 21.7. The van der Waals surface area contributed by atoms with E-state index in [9.17, 15) is 9.50 Å². The number of halogens is 1. The molecule has 0 radical (unpaired) electrons. The number of rotatable bonds is 9. The largest absolute Gasteiger partial charge is 0.491 e. The van der Waals surface area contributed by atoms with Crippen molar-refractivity contribution in [1.82, 2.24) is 10.6 Å². The first-order valence-corrected chi connectivity index (χ1v) is 9.69. The molecule has 0 saturated heterocycles. The summed E-state index contributed by atoms with van der Waals surface area (Å²) in [6.07, 6.45) is -0.115. The molecule has 5 nitrogen and oxygen atoms in total. The van der Waals surface area contributed by atoms with Gasteiger partial charge in [0.05, 0.1) is 18.8 Å². The highest BCUT2D eigenvalue weighted by molar-refractivity contribution is 5.79. The van der Waals surface area contributed by atoms with Crippen molar-refractivity contribution in [2.75, 3.05) is 19.6 Å². The zero-order valence-corrected chi connectivity index (χ0v) is 16.8. The lowest BCUT2D eigenvalue weighted by Gasteiger charge is -2.15. The van der Waals surface area contributed by atoms with Crippen molar-refractivity contribution in [1.29, 1.82) is 0 Å². The van der Waals surface area contributed by atoms with Crippen LogP contribution in [0.5, 0.6) is 5.75 Å². The summed E-state index contributed by atoms with van der Waals surface area (Å²) in [4.78, 5) is 4.44. The highest BCUT2D eigenvalue weighted by Gasteiger charge is 2.10. The number of hydrogen-bond acceptors (Lipinski definition) is 3. The van der Waals surface area contributed by atoms with Crippen LogP contribution < -0.4 is 15.4 Å². The second-order valence-electron chi connectivity index (χ2n) is 6.74. The summed E-state index contributed by atoms with van der Waals surface area (Å²) in [7, 11) is 0. The summed E-state index contributed by atoms with van der Waals surface area (Å²) in [6.45, 7) is 7.34. The number of nitrogens with zero attached hydrogens (tertiary/aromatic N) is 1. The predicted molar refractivity (Wildman–Crippen MR) is 111 cm³/mol. The van der Waals surface area contributed by atoms with Crippen LogP contribution in [0.15, 0.2) is 53.5 Å². The van der Waals surface area contributed by atoms with E-state index in [1.165, 1.54) is 6.07 Å². The van der Waals surface area contributed by atoms with E-state index < -0.39 is 6.10 Å². The average molecular weight is 387 g/mol. The Kier molecular flexibility index (Phi) is 8.75. The van der Waals surface area contributed by atoms with Crippen molar-refractivity contribution < 1.29 is 14.2 Å². The maximum absolute atomic E-state index is 13.7. The second-order valence-corrected chi connectivity index (χ2v) is 6.74. The van der Waals surface area contributed by atoms with Crippen molar-refractivity contribution in [3.63, 3.8) is 0 Å². The predicted octanol–water partition coefficient (Wildman–Crippen LogP) is 3.44. The lowest BCUT2D eigenvalue weighted by molar-refractivity contribution is 0.185. The van der Waals surface area contributed by atoms with Crippen molar-refractivity contribution in [3.05, 3.63) is 65.5 Å². The number of benzene rings is 2. The van der Waals surface area contributed by atoms with Gasteiger partial charge in [0.15, 0.2) is 5.96 Å². The highest BCUT2D eigenvalue weighted by Crippen LogP contribution is 2.20. The molecule has 2 aromatic carbocycles. The van der Waals surface area contributed by atoms with Gasteiger partial charge in [0.2, 0.25) is 0 Å². The monoisotopic (exact) mass is 387 g/mol. The summed E-state index contributed by atoms with van der Waals surface area (Å²) < 4.78 is 19.4. The first-order valence-electron chi connectivity index (χ1n) is 9.69. The van der Waals surface area contributed by atoms with E-state index in [4.69, 9.17) is 4.74 Å². The van der Waals surface area contributed by atoms with Gasteiger partial charge in [-0.15, -0.1) is 0 Å². The van der Waals surface area contributed by atoms with E-state index in [-0.39, 0.29) is 18.5 Å². The Balaban J connectivity index is 1.93. The van der Waals surface area contributed by atoms with Crippen LogP contribution in [-0.2, 0) is 6.42 Å². The molecule has 0 saturated carbocycles. The van der Waals surface area contributed by atoms with Crippen LogP contribution in [0.25, 0.3) is 0 Å². The summed E-state index contributed by atoms with van der Waals surface area (Å²) in [5.41, 5.74) is 1.41. The Morgan fingerprint density at radius 3 is 2.64 bits per heavy atom. The zero-order chi connectivity index (χ0) is 20.4. The number of guanidine groups is 1. The maximum atomic E-state index is 13.7. The lowest BCUT2D eigenvalue weighted by Crippen LogP contribution is -2.38. The molecule has 3 N–H and O–H groups in total. The van der Waals surface area contributed by atoms with E-state index >= 15 is 0 Å². The van der Waals surface area contributed by atoms with Crippen LogP contribution in [0.2, 0.25) is 0 Å². The molecule has 1 unspecified atom stereocenters. The standard InChI is InChI=1S/C22H30FN3O2/c1-4-24-22(25-13-12-17-8-5-6-11-20(17)23)26-15-21(27)18-9-7-10-19(14-18)28-16(2)3/h5-11,14,16,21,27H,4,12-13,15H2,1-3H3,(H2,24,25,26). The molecule has 2 rings (SSSR count). The Bertz CT molecular complexity index is 765. The van der Waals surface area contributed by atoms with Gasteiger partial charge in [-0.3, -0.25) is 4.99 Å². The van der Waals surface area contributed by atoms with E-state index in [1.807, 2.05) is 51.1 Å². The van der Waals surface area contributed by atoms with E-state index in [2.05, 4.69) is 15.6 Å². The van der Waals surface area contributed by atoms with Crippen LogP contribution in [-0.4, -0.2) is 36.8 Å². The average Bonchev–Trinajstić information content (AvgIpc) is 2.67. The first-order chi connectivity index (χ1) is 13.5. The molecule has 2 aromatic rings. The molecular formula is C22H30FN3O2. The third-order valence-electron chi connectivity index (χ3n) is 4.03. The molecular weight excluding hydrogens is 357 g/mol. The number of nitrogens with one attached hydrogen (secondary N) is 2. The van der Waals surface area contributed by atoms with Crippen LogP contribution in [0, 0.1) is 5.82 Å². The molecule has 0 aromatic heterocycles. The van der Waals surface area contributed by atoms with Crippen molar-refractivity contribution >= 4 is 5.96 Å². The lowest BCUT2D eigenvalue weighted by atomic mass is 10.1. The van der Waals surface area contributed by atoms with Gasteiger partial charge in [-0.1, -0.05) is 30.3 Å². The minimum atomic E-state index is -0.738. The molecule has 0 aliphatic carbocycles. The molecule has 152 valence electrons. The Labute approximate surface area is 166 Å². The van der Waals surface area contributed by atoms with Crippen molar-refractivity contribution in [2.24, 2.45) is 4.99 Å².